The number of carbonyl (C=O) groups excluding carboxylic acids is 2. The molecule has 0 saturated heterocycles. The number of hydrogen-bond donors (Lipinski definition) is 0. The van der Waals surface area contributed by atoms with Crippen molar-refractivity contribution < 1.29 is 19.1 Å². The largest absolute Gasteiger partial charge is 0.467 e. The predicted molar refractivity (Wildman–Crippen MR) is 72.0 cm³/mol. The van der Waals surface area contributed by atoms with Crippen molar-refractivity contribution in [3.63, 3.8) is 0 Å². The Morgan fingerprint density at radius 1 is 1.21 bits per heavy atom. The van der Waals surface area contributed by atoms with Crippen molar-refractivity contribution in [2.24, 2.45) is 11.3 Å². The minimum absolute atomic E-state index is 0.0659. The molecule has 0 aromatic carbocycles. The highest BCUT2D eigenvalue weighted by atomic mass is 16.5. The summed E-state index contributed by atoms with van der Waals surface area (Å²) in [6.07, 6.45) is 3.49. The van der Waals surface area contributed by atoms with Gasteiger partial charge in [-0.05, 0) is 25.0 Å². The van der Waals surface area contributed by atoms with Crippen LogP contribution in [-0.4, -0.2) is 26.2 Å². The molecule has 0 radical (unpaired) electrons. The Morgan fingerprint density at radius 3 is 2.11 bits per heavy atom. The number of esters is 2. The van der Waals surface area contributed by atoms with Gasteiger partial charge in [-0.1, -0.05) is 19.8 Å². The average Bonchev–Trinajstić information content (AvgIpc) is 2.40. The molecule has 19 heavy (non-hydrogen) atoms. The first-order valence-corrected chi connectivity index (χ1v) is 5.96. The first-order valence-electron chi connectivity index (χ1n) is 5.96. The lowest BCUT2D eigenvalue weighted by Gasteiger charge is -2.20. The maximum absolute atomic E-state index is 11.9. The van der Waals surface area contributed by atoms with Gasteiger partial charge < -0.3 is 9.47 Å². The molecule has 0 spiro atoms. The lowest BCUT2D eigenvalue weighted by Crippen LogP contribution is -2.39. The summed E-state index contributed by atoms with van der Waals surface area (Å²) in [5, 5.41) is 0. The second-order valence-corrected chi connectivity index (χ2v) is 4.25. The van der Waals surface area contributed by atoms with Crippen molar-refractivity contribution in [1.82, 2.24) is 0 Å². The molecule has 0 aromatic rings. The van der Waals surface area contributed by atoms with Gasteiger partial charge in [-0.2, -0.15) is 0 Å². The summed E-state index contributed by atoms with van der Waals surface area (Å²) in [5.74, 6) is 4.06. The van der Waals surface area contributed by atoms with Gasteiger partial charge in [0.05, 0.1) is 14.2 Å². The zero-order valence-corrected chi connectivity index (χ0v) is 12.1. The predicted octanol–water partition coefficient (Wildman–Crippen LogP) is 2.10. The van der Waals surface area contributed by atoms with E-state index in [4.69, 9.17) is 0 Å². The zero-order valence-electron chi connectivity index (χ0n) is 12.1. The summed E-state index contributed by atoms with van der Waals surface area (Å²) < 4.78 is 9.34. The second-order valence-electron chi connectivity index (χ2n) is 4.25. The van der Waals surface area contributed by atoms with Crippen LogP contribution in [0.3, 0.4) is 0 Å². The Labute approximate surface area is 114 Å². The Kier molecular flexibility index (Phi) is 7.33. The number of ether oxygens (including phenoxy) is 2. The van der Waals surface area contributed by atoms with Crippen LogP contribution in [0, 0.1) is 23.2 Å². The standard InChI is InChI=1S/C15H20O4/c1-6-10-15(13(16)18-4,14(17)19-5)11-8-7-9-12(2)3/h8-9,12H,11H2,1-5H3. The Morgan fingerprint density at radius 2 is 1.74 bits per heavy atom. The topological polar surface area (TPSA) is 52.6 Å². The molecule has 0 aliphatic carbocycles. The Balaban J connectivity index is 5.46. The van der Waals surface area contributed by atoms with Crippen LogP contribution in [0.1, 0.15) is 27.2 Å². The van der Waals surface area contributed by atoms with Gasteiger partial charge in [0.2, 0.25) is 5.41 Å². The highest BCUT2D eigenvalue weighted by Gasteiger charge is 2.46. The molecule has 4 nitrogen and oxygen atoms in total. The van der Waals surface area contributed by atoms with Crippen molar-refractivity contribution in [2.45, 2.75) is 27.2 Å². The van der Waals surface area contributed by atoms with Crippen molar-refractivity contribution >= 4 is 11.9 Å². The van der Waals surface area contributed by atoms with E-state index < -0.39 is 17.4 Å². The van der Waals surface area contributed by atoms with Crippen molar-refractivity contribution in [2.75, 3.05) is 14.2 Å². The van der Waals surface area contributed by atoms with Gasteiger partial charge in [-0.15, -0.1) is 11.7 Å². The van der Waals surface area contributed by atoms with Crippen molar-refractivity contribution in [3.05, 3.63) is 17.9 Å². The molecular weight excluding hydrogens is 244 g/mol. The third kappa shape index (κ3) is 4.65. The number of carbonyl (C=O) groups is 2. The smallest absolute Gasteiger partial charge is 0.335 e. The van der Waals surface area contributed by atoms with Crippen LogP contribution in [-0.2, 0) is 19.1 Å². The van der Waals surface area contributed by atoms with E-state index in [0.717, 1.165) is 0 Å². The molecule has 0 aromatic heterocycles. The normalized spacial score (nSPS) is 9.79. The third-order valence-electron chi connectivity index (χ3n) is 2.36. The van der Waals surface area contributed by atoms with E-state index in [0.29, 0.717) is 5.92 Å². The number of rotatable bonds is 5. The maximum atomic E-state index is 11.9. The molecule has 4 heteroatoms. The summed E-state index contributed by atoms with van der Waals surface area (Å²) >= 11 is 0. The molecule has 0 amide bonds. The molecule has 0 atom stereocenters. The fourth-order valence-electron chi connectivity index (χ4n) is 1.44. The summed E-state index contributed by atoms with van der Waals surface area (Å²) in [4.78, 5) is 23.7. The van der Waals surface area contributed by atoms with Gasteiger partial charge in [0.1, 0.15) is 0 Å². The second kappa shape index (κ2) is 8.18. The molecule has 0 aliphatic heterocycles. The summed E-state index contributed by atoms with van der Waals surface area (Å²) in [5.41, 5.74) is 1.31. The summed E-state index contributed by atoms with van der Waals surface area (Å²) in [7, 11) is 2.43. The Bertz CT molecular complexity index is 427. The molecule has 0 heterocycles. The van der Waals surface area contributed by atoms with E-state index in [1.165, 1.54) is 14.2 Å². The lowest BCUT2D eigenvalue weighted by molar-refractivity contribution is -0.164. The van der Waals surface area contributed by atoms with E-state index in [9.17, 15) is 9.59 Å². The van der Waals surface area contributed by atoms with Crippen molar-refractivity contribution in [1.29, 1.82) is 0 Å². The zero-order chi connectivity index (χ0) is 14.9. The van der Waals surface area contributed by atoms with Crippen LogP contribution in [0.15, 0.2) is 17.9 Å². The van der Waals surface area contributed by atoms with E-state index in [-0.39, 0.29) is 6.42 Å². The number of methoxy groups -OCH3 is 2. The first-order chi connectivity index (χ1) is 8.94. The molecule has 104 valence electrons. The molecular formula is C15H20O4. The average molecular weight is 264 g/mol. The van der Waals surface area contributed by atoms with Crippen LogP contribution in [0.4, 0.5) is 0 Å². The van der Waals surface area contributed by atoms with Gasteiger partial charge in [0, 0.05) is 6.42 Å². The third-order valence-corrected chi connectivity index (χ3v) is 2.36. The highest BCUT2D eigenvalue weighted by Crippen LogP contribution is 2.25. The highest BCUT2D eigenvalue weighted by molar-refractivity contribution is 6.03. The summed E-state index contributed by atoms with van der Waals surface area (Å²) in [6, 6.07) is 0. The molecule has 0 aliphatic rings. The fourth-order valence-corrected chi connectivity index (χ4v) is 1.44. The lowest BCUT2D eigenvalue weighted by atomic mass is 9.85. The fraction of sp³-hybridized carbons (Fsp3) is 0.533. The molecule has 0 saturated carbocycles. The van der Waals surface area contributed by atoms with Gasteiger partial charge in [-0.25, -0.2) is 9.59 Å². The van der Waals surface area contributed by atoms with Gasteiger partial charge in [0.15, 0.2) is 0 Å². The minimum Gasteiger partial charge on any atom is -0.467 e. The molecule has 0 fully saturated rings. The molecule has 0 bridgehead atoms. The molecule has 0 rings (SSSR count). The van der Waals surface area contributed by atoms with E-state index >= 15 is 0 Å². The van der Waals surface area contributed by atoms with Crippen LogP contribution < -0.4 is 0 Å². The van der Waals surface area contributed by atoms with E-state index in [1.807, 2.05) is 19.9 Å². The van der Waals surface area contributed by atoms with E-state index in [1.54, 1.807) is 13.0 Å². The van der Waals surface area contributed by atoms with Crippen LogP contribution in [0.2, 0.25) is 0 Å². The minimum atomic E-state index is -1.62. The maximum Gasteiger partial charge on any atom is 0.335 e. The van der Waals surface area contributed by atoms with Crippen LogP contribution >= 0.6 is 0 Å². The number of allylic oxidation sites excluding steroid dienone is 1. The summed E-state index contributed by atoms with van der Waals surface area (Å²) in [6.45, 7) is 5.55. The number of hydrogen-bond acceptors (Lipinski definition) is 4. The molecule has 0 unspecified atom stereocenters. The van der Waals surface area contributed by atoms with E-state index in [2.05, 4.69) is 27.0 Å². The van der Waals surface area contributed by atoms with Crippen molar-refractivity contribution in [3.8, 4) is 11.8 Å². The SMILES string of the molecule is CC#CC(CC=C=CC(C)C)(C(=O)OC)C(=O)OC. The Hall–Kier alpha value is -1.98. The van der Waals surface area contributed by atoms with Crippen LogP contribution in [0.5, 0.6) is 0 Å². The first kappa shape index (κ1) is 17.0. The van der Waals surface area contributed by atoms with Gasteiger partial charge in [-0.3, -0.25) is 0 Å². The van der Waals surface area contributed by atoms with Gasteiger partial charge in [0.25, 0.3) is 0 Å². The van der Waals surface area contributed by atoms with Crippen LogP contribution in [0.25, 0.3) is 0 Å². The molecule has 0 N–H and O–H groups in total. The monoisotopic (exact) mass is 264 g/mol. The quantitative estimate of drug-likeness (QED) is 0.330. The van der Waals surface area contributed by atoms with Gasteiger partial charge >= 0.3 is 11.9 Å².